The molecule has 0 unspecified atom stereocenters. The monoisotopic (exact) mass is 222 g/mol. The Morgan fingerprint density at radius 3 is 2.62 bits per heavy atom. The number of hydrogen-bond acceptors (Lipinski definition) is 3. The number of aromatic nitrogens is 2. The van der Waals surface area contributed by atoms with Crippen LogP contribution in [0.25, 0.3) is 0 Å². The van der Waals surface area contributed by atoms with Crippen LogP contribution in [0.3, 0.4) is 0 Å². The molecule has 86 valence electrons. The maximum atomic E-state index is 9.86. The zero-order valence-corrected chi connectivity index (χ0v) is 9.29. The molecule has 0 bridgehead atoms. The highest BCUT2D eigenvalue weighted by Crippen LogP contribution is 1.95. The summed E-state index contributed by atoms with van der Waals surface area (Å²) in [4.78, 5) is 9.86. The highest BCUT2D eigenvalue weighted by Gasteiger charge is 1.92. The van der Waals surface area contributed by atoms with Crippen molar-refractivity contribution in [1.82, 2.24) is 4.57 Å². The van der Waals surface area contributed by atoms with Crippen LogP contribution in [0.1, 0.15) is 17.5 Å². The Labute approximate surface area is 93.6 Å². The van der Waals surface area contributed by atoms with Crippen LogP contribution >= 0.6 is 0 Å². The number of carbonyl (C=O) groups excluding carboxylic acids is 1. The van der Waals surface area contributed by atoms with E-state index in [1.807, 2.05) is 17.8 Å². The van der Waals surface area contributed by atoms with Crippen LogP contribution in [-0.4, -0.2) is 10.5 Å². The molecule has 5 nitrogen and oxygen atoms in total. The Morgan fingerprint density at radius 1 is 1.62 bits per heavy atom. The first-order valence-electron chi connectivity index (χ1n) is 4.89. The van der Waals surface area contributed by atoms with Gasteiger partial charge in [-0.3, -0.25) is 0 Å². The molecule has 16 heavy (non-hydrogen) atoms. The molecule has 0 aliphatic carbocycles. The van der Waals surface area contributed by atoms with Gasteiger partial charge in [-0.15, -0.1) is 0 Å². The number of nitrogens with zero attached hydrogens (tertiary/aromatic N) is 2. The molecule has 2 aromatic heterocycles. The van der Waals surface area contributed by atoms with Crippen molar-refractivity contribution in [2.75, 3.05) is 0 Å². The molecule has 0 radical (unpaired) electrons. The number of aromatic carboxylic acids is 1. The summed E-state index contributed by atoms with van der Waals surface area (Å²) in [6, 6.07) is 2.82. The first kappa shape index (κ1) is 12.0. The number of aryl methyl sites for hydroxylation is 2. The van der Waals surface area contributed by atoms with E-state index in [0.29, 0.717) is 0 Å². The summed E-state index contributed by atoms with van der Waals surface area (Å²) < 4.78 is 8.59. The predicted octanol–water partition coefficient (Wildman–Crippen LogP) is -0.0244. The molecule has 2 aromatic rings. The average molecular weight is 222 g/mol. The number of rotatable bonds is 2. The van der Waals surface area contributed by atoms with Gasteiger partial charge in [0.25, 0.3) is 0 Å². The minimum absolute atomic E-state index is 0.134. The molecule has 0 amide bonds. The van der Waals surface area contributed by atoms with Gasteiger partial charge in [0.05, 0.1) is 19.9 Å². The van der Waals surface area contributed by atoms with Gasteiger partial charge in [0.15, 0.2) is 0 Å². The van der Waals surface area contributed by atoms with E-state index in [1.54, 1.807) is 0 Å². The van der Waals surface area contributed by atoms with Crippen molar-refractivity contribution in [2.24, 2.45) is 7.05 Å². The number of hydrogen-bond donors (Lipinski definition) is 0. The van der Waals surface area contributed by atoms with Crippen molar-refractivity contribution >= 4 is 5.97 Å². The van der Waals surface area contributed by atoms with Crippen LogP contribution in [0.4, 0.5) is 0 Å². The summed E-state index contributed by atoms with van der Waals surface area (Å²) >= 11 is 0. The van der Waals surface area contributed by atoms with E-state index in [0.717, 1.165) is 6.54 Å². The van der Waals surface area contributed by atoms with Gasteiger partial charge < -0.3 is 14.3 Å². The zero-order chi connectivity index (χ0) is 12.0. The van der Waals surface area contributed by atoms with Gasteiger partial charge in [-0.05, 0) is 19.1 Å². The Balaban J connectivity index is 0.000000160. The first-order chi connectivity index (χ1) is 7.63. The van der Waals surface area contributed by atoms with Crippen LogP contribution in [0.2, 0.25) is 0 Å². The molecular formula is C11H14N2O3. The predicted molar refractivity (Wildman–Crippen MR) is 54.3 cm³/mol. The Hall–Kier alpha value is -2.04. The van der Waals surface area contributed by atoms with Crippen molar-refractivity contribution in [3.8, 4) is 0 Å². The lowest BCUT2D eigenvalue weighted by atomic mass is 10.5. The third kappa shape index (κ3) is 3.61. The van der Waals surface area contributed by atoms with E-state index in [9.17, 15) is 9.90 Å². The second kappa shape index (κ2) is 5.75. The smallest absolute Gasteiger partial charge is 0.243 e. The van der Waals surface area contributed by atoms with Crippen molar-refractivity contribution in [1.29, 1.82) is 0 Å². The van der Waals surface area contributed by atoms with Crippen LogP contribution in [0.5, 0.6) is 0 Å². The van der Waals surface area contributed by atoms with Crippen LogP contribution in [0, 0.1) is 0 Å². The van der Waals surface area contributed by atoms with E-state index in [1.165, 1.54) is 18.4 Å². The van der Waals surface area contributed by atoms with Gasteiger partial charge in [-0.25, -0.2) is 9.13 Å². The Kier molecular flexibility index (Phi) is 4.32. The van der Waals surface area contributed by atoms with Gasteiger partial charge in [-0.2, -0.15) is 0 Å². The average Bonchev–Trinajstić information content (AvgIpc) is 2.88. The highest BCUT2D eigenvalue weighted by molar-refractivity contribution is 5.82. The highest BCUT2D eigenvalue weighted by atomic mass is 16.4. The molecule has 0 aliphatic heterocycles. The summed E-state index contributed by atoms with van der Waals surface area (Å²) in [6.45, 7) is 3.18. The van der Waals surface area contributed by atoms with Crippen molar-refractivity contribution in [3.63, 3.8) is 0 Å². The number of carboxylic acids is 1. The van der Waals surface area contributed by atoms with Gasteiger partial charge in [-0.1, -0.05) is 0 Å². The van der Waals surface area contributed by atoms with E-state index in [4.69, 9.17) is 0 Å². The summed E-state index contributed by atoms with van der Waals surface area (Å²) in [5, 5.41) is 9.86. The molecule has 0 aliphatic rings. The van der Waals surface area contributed by atoms with E-state index in [2.05, 4.69) is 28.4 Å². The molecule has 0 spiro atoms. The first-order valence-corrected chi connectivity index (χ1v) is 4.89. The molecule has 2 heterocycles. The quantitative estimate of drug-likeness (QED) is 0.671. The number of carbonyl (C=O) groups is 1. The molecular weight excluding hydrogens is 208 g/mol. The summed E-state index contributed by atoms with van der Waals surface area (Å²) in [6.07, 6.45) is 7.43. The fourth-order valence-corrected chi connectivity index (χ4v) is 1.08. The fraction of sp³-hybridized carbons (Fsp3) is 0.273. The van der Waals surface area contributed by atoms with Gasteiger partial charge in [0, 0.05) is 0 Å². The van der Waals surface area contributed by atoms with Crippen molar-refractivity contribution in [2.45, 2.75) is 13.5 Å². The molecule has 5 heteroatoms. The second-order valence-electron chi connectivity index (χ2n) is 3.17. The third-order valence-corrected chi connectivity index (χ3v) is 1.91. The van der Waals surface area contributed by atoms with E-state index < -0.39 is 5.97 Å². The van der Waals surface area contributed by atoms with Gasteiger partial charge in [0.1, 0.15) is 24.1 Å². The SMILES string of the molecule is CCn1cc[n+](C)c1.O=C([O-])c1ccco1. The van der Waals surface area contributed by atoms with Crippen LogP contribution < -0.4 is 9.67 Å². The minimum Gasteiger partial charge on any atom is -0.542 e. The maximum absolute atomic E-state index is 9.86. The molecule has 0 saturated heterocycles. The van der Waals surface area contributed by atoms with Crippen LogP contribution in [0.15, 0.2) is 41.5 Å². The zero-order valence-electron chi connectivity index (χ0n) is 9.29. The standard InChI is InChI=1S/C6H11N2.C5H4O3/c1-3-8-5-4-7(2)6-8;6-5(7)4-2-1-3-8-4/h4-6H,3H2,1-2H3;1-3H,(H,6,7)/q+1;/p-1. The molecule has 0 saturated carbocycles. The largest absolute Gasteiger partial charge is 0.542 e. The minimum atomic E-state index is -1.28. The molecule has 0 aromatic carbocycles. The summed E-state index contributed by atoms with van der Waals surface area (Å²) in [5.74, 6) is -1.42. The Bertz CT molecular complexity index is 432. The fourth-order valence-electron chi connectivity index (χ4n) is 1.08. The normalized spacial score (nSPS) is 9.38. The topological polar surface area (TPSA) is 62.1 Å². The lowest BCUT2D eigenvalue weighted by Crippen LogP contribution is -2.23. The lowest BCUT2D eigenvalue weighted by molar-refractivity contribution is -0.671. The number of carboxylic acid groups (broad SMARTS) is 1. The number of imidazole rings is 1. The summed E-state index contributed by atoms with van der Waals surface area (Å²) in [5.41, 5.74) is 0. The molecule has 0 atom stereocenters. The molecule has 2 rings (SSSR count). The summed E-state index contributed by atoms with van der Waals surface area (Å²) in [7, 11) is 2.02. The van der Waals surface area contributed by atoms with E-state index in [-0.39, 0.29) is 5.76 Å². The molecule has 0 N–H and O–H groups in total. The van der Waals surface area contributed by atoms with Crippen molar-refractivity contribution in [3.05, 3.63) is 42.9 Å². The third-order valence-electron chi connectivity index (χ3n) is 1.91. The lowest BCUT2D eigenvalue weighted by Gasteiger charge is -1.91. The number of furan rings is 1. The molecule has 0 fully saturated rings. The van der Waals surface area contributed by atoms with Crippen LogP contribution in [-0.2, 0) is 13.6 Å². The van der Waals surface area contributed by atoms with E-state index >= 15 is 0 Å². The van der Waals surface area contributed by atoms with Gasteiger partial charge in [0.2, 0.25) is 6.33 Å². The second-order valence-corrected chi connectivity index (χ2v) is 3.17. The maximum Gasteiger partial charge on any atom is 0.243 e. The van der Waals surface area contributed by atoms with Gasteiger partial charge >= 0.3 is 0 Å². The van der Waals surface area contributed by atoms with Crippen molar-refractivity contribution < 1.29 is 18.9 Å². The Morgan fingerprint density at radius 2 is 2.38 bits per heavy atom.